The number of piperidine rings is 1. The predicted octanol–water partition coefficient (Wildman–Crippen LogP) is -0.120. The molecule has 0 aromatic carbocycles. The van der Waals surface area contributed by atoms with E-state index in [0.717, 1.165) is 25.8 Å². The molecule has 0 amide bonds. The number of nitrogens with two attached hydrogens (primary N) is 1. The summed E-state index contributed by atoms with van der Waals surface area (Å²) in [7, 11) is 0. The molecular weight excluding hydrogens is 260 g/mol. The molecule has 0 spiro atoms. The zero-order chi connectivity index (χ0) is 14.7. The average molecular weight is 282 g/mol. The van der Waals surface area contributed by atoms with Crippen LogP contribution in [-0.4, -0.2) is 33.9 Å². The first kappa shape index (κ1) is 14.6. The Balaban J connectivity index is 2.50. The molecule has 1 aliphatic heterocycles. The molecule has 1 atom stereocenters. The smallest absolute Gasteiger partial charge is 0.330 e. The molecule has 0 aliphatic carbocycles. The molecule has 1 fully saturated rings. The van der Waals surface area contributed by atoms with Crippen LogP contribution in [-0.2, 0) is 6.54 Å². The molecule has 112 valence electrons. The van der Waals surface area contributed by atoms with Gasteiger partial charge in [-0.2, -0.15) is 0 Å². The number of hydrogen-bond donors (Lipinski definition) is 3. The lowest BCUT2D eigenvalue weighted by atomic mass is 9.99. The second-order valence-corrected chi connectivity index (χ2v) is 5.09. The van der Waals surface area contributed by atoms with Crippen LogP contribution in [0.4, 0.5) is 11.5 Å². The van der Waals surface area contributed by atoms with Crippen molar-refractivity contribution < 1.29 is 5.11 Å². The maximum atomic E-state index is 12.1. The predicted molar refractivity (Wildman–Crippen MR) is 78.1 cm³/mol. The van der Waals surface area contributed by atoms with Crippen LogP contribution in [0.3, 0.4) is 0 Å². The van der Waals surface area contributed by atoms with Crippen LogP contribution in [0.2, 0.25) is 0 Å². The van der Waals surface area contributed by atoms with Gasteiger partial charge in [0.25, 0.3) is 5.56 Å². The molecule has 1 aromatic heterocycles. The van der Waals surface area contributed by atoms with Crippen molar-refractivity contribution in [2.45, 2.75) is 45.2 Å². The van der Waals surface area contributed by atoms with Gasteiger partial charge in [-0.3, -0.25) is 14.3 Å². The molecule has 2 rings (SSSR count). The Morgan fingerprint density at radius 2 is 2.15 bits per heavy atom. The van der Waals surface area contributed by atoms with E-state index in [1.807, 2.05) is 4.90 Å². The molecule has 1 aromatic rings. The molecule has 1 unspecified atom stereocenters. The van der Waals surface area contributed by atoms with Gasteiger partial charge in [-0.05, 0) is 32.6 Å². The van der Waals surface area contributed by atoms with Gasteiger partial charge < -0.3 is 15.7 Å². The van der Waals surface area contributed by atoms with Gasteiger partial charge in [0.15, 0.2) is 0 Å². The number of aromatic amines is 1. The highest BCUT2D eigenvalue weighted by atomic mass is 16.3. The van der Waals surface area contributed by atoms with E-state index >= 15 is 0 Å². The third-order valence-corrected chi connectivity index (χ3v) is 3.91. The minimum Gasteiger partial charge on any atom is -0.396 e. The largest absolute Gasteiger partial charge is 0.396 e. The normalized spacial score (nSPS) is 19.3. The van der Waals surface area contributed by atoms with Crippen LogP contribution in [0.25, 0.3) is 0 Å². The standard InChI is InChI=1S/C13H22N4O3/c1-2-16-11(14)10(12(19)15-13(16)20)17-7-4-3-5-9(17)6-8-18/h9,18H,2-8,14H2,1H3,(H,15,19,20). The highest BCUT2D eigenvalue weighted by molar-refractivity contribution is 5.63. The topological polar surface area (TPSA) is 104 Å². The van der Waals surface area contributed by atoms with Crippen molar-refractivity contribution in [2.24, 2.45) is 0 Å². The van der Waals surface area contributed by atoms with Crippen molar-refractivity contribution in [2.75, 3.05) is 23.8 Å². The summed E-state index contributed by atoms with van der Waals surface area (Å²) in [6.07, 6.45) is 3.58. The molecule has 4 N–H and O–H groups in total. The van der Waals surface area contributed by atoms with Gasteiger partial charge in [-0.1, -0.05) is 0 Å². The number of aliphatic hydroxyl groups is 1. The van der Waals surface area contributed by atoms with Gasteiger partial charge in [0, 0.05) is 25.7 Å². The molecule has 20 heavy (non-hydrogen) atoms. The van der Waals surface area contributed by atoms with Crippen molar-refractivity contribution in [3.63, 3.8) is 0 Å². The van der Waals surface area contributed by atoms with Gasteiger partial charge in [0.2, 0.25) is 0 Å². The first-order valence-electron chi connectivity index (χ1n) is 7.10. The van der Waals surface area contributed by atoms with Crippen LogP contribution < -0.4 is 21.9 Å². The quantitative estimate of drug-likeness (QED) is 0.714. The molecule has 1 saturated heterocycles. The maximum Gasteiger partial charge on any atom is 0.330 e. The molecule has 1 aliphatic rings. The summed E-state index contributed by atoms with van der Waals surface area (Å²) >= 11 is 0. The summed E-state index contributed by atoms with van der Waals surface area (Å²) in [6.45, 7) is 3.01. The van der Waals surface area contributed by atoms with Crippen molar-refractivity contribution >= 4 is 11.5 Å². The van der Waals surface area contributed by atoms with E-state index in [4.69, 9.17) is 10.8 Å². The van der Waals surface area contributed by atoms with Crippen LogP contribution in [0, 0.1) is 0 Å². The average Bonchev–Trinajstić information content (AvgIpc) is 2.41. The van der Waals surface area contributed by atoms with Crippen molar-refractivity contribution in [1.29, 1.82) is 0 Å². The summed E-state index contributed by atoms with van der Waals surface area (Å²) in [5, 5.41) is 9.17. The monoisotopic (exact) mass is 282 g/mol. The first-order valence-corrected chi connectivity index (χ1v) is 7.10. The number of rotatable bonds is 4. The molecule has 0 saturated carbocycles. The van der Waals surface area contributed by atoms with E-state index in [9.17, 15) is 9.59 Å². The summed E-state index contributed by atoms with van der Waals surface area (Å²) < 4.78 is 1.36. The number of hydrogen-bond acceptors (Lipinski definition) is 5. The lowest BCUT2D eigenvalue weighted by molar-refractivity contribution is 0.262. The number of nitrogens with zero attached hydrogens (tertiary/aromatic N) is 2. The minimum absolute atomic E-state index is 0.0758. The SMILES string of the molecule is CCn1c(N)c(N2CCCCC2CCO)c(=O)[nH]c1=O. The van der Waals surface area contributed by atoms with Crippen LogP contribution in [0.15, 0.2) is 9.59 Å². The minimum atomic E-state index is -0.477. The van der Waals surface area contributed by atoms with Crippen molar-refractivity contribution in [3.05, 3.63) is 20.8 Å². The highest BCUT2D eigenvalue weighted by Crippen LogP contribution is 2.27. The Hall–Kier alpha value is -1.76. The van der Waals surface area contributed by atoms with Gasteiger partial charge in [-0.15, -0.1) is 0 Å². The zero-order valence-corrected chi connectivity index (χ0v) is 11.8. The Labute approximate surface area is 117 Å². The number of H-pyrrole nitrogens is 1. The van der Waals surface area contributed by atoms with E-state index in [1.165, 1.54) is 4.57 Å². The second-order valence-electron chi connectivity index (χ2n) is 5.09. The summed E-state index contributed by atoms with van der Waals surface area (Å²) in [4.78, 5) is 28.1. The fraction of sp³-hybridized carbons (Fsp3) is 0.692. The number of aliphatic hydroxyl groups excluding tert-OH is 1. The number of aromatic nitrogens is 2. The molecule has 0 radical (unpaired) electrons. The van der Waals surface area contributed by atoms with Gasteiger partial charge in [0.1, 0.15) is 11.5 Å². The molecule has 7 nitrogen and oxygen atoms in total. The molecule has 2 heterocycles. The Kier molecular flexibility index (Phi) is 4.49. The summed E-state index contributed by atoms with van der Waals surface area (Å²) in [5.41, 5.74) is 5.47. The van der Waals surface area contributed by atoms with E-state index in [-0.39, 0.29) is 18.5 Å². The number of nitrogens with one attached hydrogen (secondary N) is 1. The van der Waals surface area contributed by atoms with Crippen LogP contribution >= 0.6 is 0 Å². The molecular formula is C13H22N4O3. The number of anilines is 2. The van der Waals surface area contributed by atoms with Gasteiger partial charge in [0.05, 0.1) is 0 Å². The lowest BCUT2D eigenvalue weighted by Gasteiger charge is -2.37. The number of nitrogen functional groups attached to an aromatic ring is 1. The fourth-order valence-electron chi connectivity index (χ4n) is 2.91. The van der Waals surface area contributed by atoms with E-state index in [1.54, 1.807) is 6.92 Å². The third kappa shape index (κ3) is 2.58. The van der Waals surface area contributed by atoms with Crippen molar-refractivity contribution in [3.8, 4) is 0 Å². The zero-order valence-electron chi connectivity index (χ0n) is 11.8. The van der Waals surface area contributed by atoms with Gasteiger partial charge >= 0.3 is 5.69 Å². The summed E-state index contributed by atoms with van der Waals surface area (Å²) in [5.74, 6) is 0.214. The second kappa shape index (κ2) is 6.13. The molecule has 7 heteroatoms. The maximum absolute atomic E-state index is 12.1. The Morgan fingerprint density at radius 1 is 1.40 bits per heavy atom. The highest BCUT2D eigenvalue weighted by Gasteiger charge is 2.27. The van der Waals surface area contributed by atoms with Gasteiger partial charge in [-0.25, -0.2) is 4.79 Å². The van der Waals surface area contributed by atoms with E-state index < -0.39 is 11.2 Å². The van der Waals surface area contributed by atoms with E-state index in [0.29, 0.717) is 18.7 Å². The van der Waals surface area contributed by atoms with Crippen LogP contribution in [0.5, 0.6) is 0 Å². The Morgan fingerprint density at radius 3 is 2.80 bits per heavy atom. The lowest BCUT2D eigenvalue weighted by Crippen LogP contribution is -2.45. The molecule has 0 bridgehead atoms. The fourth-order valence-corrected chi connectivity index (χ4v) is 2.91. The van der Waals surface area contributed by atoms with Crippen LogP contribution in [0.1, 0.15) is 32.6 Å². The Bertz CT molecular complexity index is 576. The first-order chi connectivity index (χ1) is 9.60. The van der Waals surface area contributed by atoms with Crippen molar-refractivity contribution in [1.82, 2.24) is 9.55 Å². The summed E-state index contributed by atoms with van der Waals surface area (Å²) in [6, 6.07) is 0.0972. The third-order valence-electron chi connectivity index (χ3n) is 3.91. The van der Waals surface area contributed by atoms with E-state index in [2.05, 4.69) is 4.98 Å².